The summed E-state index contributed by atoms with van der Waals surface area (Å²) in [5.74, 6) is 0. The number of sulfonamides is 1. The predicted molar refractivity (Wildman–Crippen MR) is 80.0 cm³/mol. The van der Waals surface area contributed by atoms with Crippen molar-refractivity contribution in [2.45, 2.75) is 17.7 Å². The number of hydrogen-bond donors (Lipinski definition) is 2. The topological polar surface area (TPSA) is 81.4 Å². The molecule has 0 fully saturated rings. The third kappa shape index (κ3) is 5.83. The van der Waals surface area contributed by atoms with Crippen LogP contribution in [0, 0.1) is 0 Å². The fourth-order valence-corrected chi connectivity index (χ4v) is 2.62. The summed E-state index contributed by atoms with van der Waals surface area (Å²) in [6.45, 7) is 5.28. The molecule has 0 radical (unpaired) electrons. The predicted octanol–water partition coefficient (Wildman–Crippen LogP) is 1.06. The molecule has 0 aliphatic heterocycles. The molecule has 0 unspecified atom stereocenters. The maximum Gasteiger partial charge on any atom is 0.240 e. The summed E-state index contributed by atoms with van der Waals surface area (Å²) < 4.78 is 31.7. The second kappa shape index (κ2) is 8.86. The summed E-state index contributed by atoms with van der Waals surface area (Å²) in [6.07, 6.45) is 3.26. The second-order valence-electron chi connectivity index (χ2n) is 4.27. The number of rotatable bonds is 10. The number of nitrogens with two attached hydrogens (primary N) is 1. The van der Waals surface area contributed by atoms with Crippen LogP contribution in [0.1, 0.15) is 12.0 Å². The number of benzene rings is 1. The molecule has 0 saturated carbocycles. The molecule has 0 spiro atoms. The normalized spacial score (nSPS) is 11.4. The highest BCUT2D eigenvalue weighted by atomic mass is 32.2. The monoisotopic (exact) mass is 298 g/mol. The molecule has 0 saturated heterocycles. The van der Waals surface area contributed by atoms with Crippen molar-refractivity contribution in [3.8, 4) is 0 Å². The van der Waals surface area contributed by atoms with E-state index in [1.165, 1.54) is 0 Å². The molecular formula is C14H22N2O3S. The molecule has 1 rings (SSSR count). The van der Waals surface area contributed by atoms with Crippen molar-refractivity contribution in [1.82, 2.24) is 4.72 Å². The first-order valence-corrected chi connectivity index (χ1v) is 8.06. The van der Waals surface area contributed by atoms with Crippen LogP contribution in [-0.4, -0.2) is 34.7 Å². The minimum atomic E-state index is -3.47. The molecular weight excluding hydrogens is 276 g/mol. The summed E-state index contributed by atoms with van der Waals surface area (Å²) in [5.41, 5.74) is 6.48. The molecule has 0 aliphatic rings. The van der Waals surface area contributed by atoms with Crippen molar-refractivity contribution >= 4 is 10.0 Å². The van der Waals surface area contributed by atoms with Gasteiger partial charge in [-0.15, -0.1) is 6.58 Å². The summed E-state index contributed by atoms with van der Waals surface area (Å²) >= 11 is 0. The molecule has 6 heteroatoms. The number of ether oxygens (including phenoxy) is 1. The van der Waals surface area contributed by atoms with Crippen LogP contribution < -0.4 is 10.5 Å². The SMILES string of the molecule is C=CCCOCCNS(=O)(=O)c1ccc(CCN)cc1. The Labute approximate surface area is 120 Å². The van der Waals surface area contributed by atoms with Crippen LogP contribution in [0.25, 0.3) is 0 Å². The maximum absolute atomic E-state index is 12.0. The average Bonchev–Trinajstić information content (AvgIpc) is 2.44. The van der Waals surface area contributed by atoms with Gasteiger partial charge < -0.3 is 10.5 Å². The Morgan fingerprint density at radius 1 is 1.25 bits per heavy atom. The molecule has 0 aromatic heterocycles. The lowest BCUT2D eigenvalue weighted by Crippen LogP contribution is -2.27. The lowest BCUT2D eigenvalue weighted by Gasteiger charge is -2.08. The summed E-state index contributed by atoms with van der Waals surface area (Å²) in [5, 5.41) is 0. The quantitative estimate of drug-likeness (QED) is 0.500. The molecule has 1 aromatic carbocycles. The highest BCUT2D eigenvalue weighted by molar-refractivity contribution is 7.89. The minimum absolute atomic E-state index is 0.254. The van der Waals surface area contributed by atoms with Gasteiger partial charge in [0.1, 0.15) is 0 Å². The van der Waals surface area contributed by atoms with Gasteiger partial charge in [0, 0.05) is 6.54 Å². The van der Waals surface area contributed by atoms with Crippen LogP contribution in [-0.2, 0) is 21.2 Å². The molecule has 0 atom stereocenters. The zero-order valence-corrected chi connectivity index (χ0v) is 12.4. The lowest BCUT2D eigenvalue weighted by molar-refractivity contribution is 0.144. The molecule has 0 amide bonds. The van der Waals surface area contributed by atoms with Crippen LogP contribution >= 0.6 is 0 Å². The fourth-order valence-electron chi connectivity index (χ4n) is 1.60. The van der Waals surface area contributed by atoms with E-state index in [0.29, 0.717) is 19.8 Å². The van der Waals surface area contributed by atoms with E-state index in [4.69, 9.17) is 10.5 Å². The fraction of sp³-hybridized carbons (Fsp3) is 0.429. The molecule has 1 aromatic rings. The van der Waals surface area contributed by atoms with Crippen molar-refractivity contribution in [3.63, 3.8) is 0 Å². The van der Waals surface area contributed by atoms with E-state index in [1.54, 1.807) is 30.3 Å². The van der Waals surface area contributed by atoms with E-state index in [-0.39, 0.29) is 11.4 Å². The van der Waals surface area contributed by atoms with Crippen molar-refractivity contribution < 1.29 is 13.2 Å². The minimum Gasteiger partial charge on any atom is -0.380 e. The van der Waals surface area contributed by atoms with Crippen molar-refractivity contribution in [1.29, 1.82) is 0 Å². The Bertz CT molecular complexity index is 498. The van der Waals surface area contributed by atoms with E-state index in [0.717, 1.165) is 18.4 Å². The molecule has 112 valence electrons. The molecule has 5 nitrogen and oxygen atoms in total. The molecule has 20 heavy (non-hydrogen) atoms. The Balaban J connectivity index is 2.45. The summed E-state index contributed by atoms with van der Waals surface area (Å²) in [4.78, 5) is 0.254. The van der Waals surface area contributed by atoms with E-state index in [2.05, 4.69) is 11.3 Å². The van der Waals surface area contributed by atoms with E-state index >= 15 is 0 Å². The van der Waals surface area contributed by atoms with Gasteiger partial charge in [0.15, 0.2) is 0 Å². The third-order valence-electron chi connectivity index (χ3n) is 2.67. The van der Waals surface area contributed by atoms with Crippen LogP contribution in [0.5, 0.6) is 0 Å². The van der Waals surface area contributed by atoms with Crippen LogP contribution in [0.3, 0.4) is 0 Å². The van der Waals surface area contributed by atoms with Gasteiger partial charge in [0.25, 0.3) is 0 Å². The van der Waals surface area contributed by atoms with Crippen LogP contribution in [0.2, 0.25) is 0 Å². The Hall–Kier alpha value is -1.21. The van der Waals surface area contributed by atoms with Gasteiger partial charge in [-0.25, -0.2) is 13.1 Å². The van der Waals surface area contributed by atoms with Gasteiger partial charge in [-0.2, -0.15) is 0 Å². The first kappa shape index (κ1) is 16.8. The first-order valence-electron chi connectivity index (χ1n) is 6.57. The van der Waals surface area contributed by atoms with E-state index < -0.39 is 10.0 Å². The number of hydrogen-bond acceptors (Lipinski definition) is 4. The van der Waals surface area contributed by atoms with Crippen LogP contribution in [0.15, 0.2) is 41.8 Å². The molecule has 0 bridgehead atoms. The third-order valence-corrected chi connectivity index (χ3v) is 4.15. The highest BCUT2D eigenvalue weighted by Gasteiger charge is 2.12. The standard InChI is InChI=1S/C14H22N2O3S/c1-2-3-11-19-12-10-16-20(17,18)14-6-4-13(5-7-14)8-9-15/h2,4-7,16H,1,3,8-12,15H2. The lowest BCUT2D eigenvalue weighted by atomic mass is 10.2. The maximum atomic E-state index is 12.0. The zero-order valence-electron chi connectivity index (χ0n) is 11.5. The van der Waals surface area contributed by atoms with Gasteiger partial charge in [-0.05, 0) is 37.1 Å². The number of nitrogens with one attached hydrogen (secondary N) is 1. The van der Waals surface area contributed by atoms with Crippen molar-refractivity contribution in [2.75, 3.05) is 26.3 Å². The van der Waals surface area contributed by atoms with Crippen LogP contribution in [0.4, 0.5) is 0 Å². The highest BCUT2D eigenvalue weighted by Crippen LogP contribution is 2.10. The average molecular weight is 298 g/mol. The molecule has 3 N–H and O–H groups in total. The van der Waals surface area contributed by atoms with Crippen molar-refractivity contribution in [2.24, 2.45) is 5.73 Å². The Morgan fingerprint density at radius 3 is 2.55 bits per heavy atom. The summed E-state index contributed by atoms with van der Waals surface area (Å²) in [6, 6.07) is 6.74. The largest absolute Gasteiger partial charge is 0.380 e. The van der Waals surface area contributed by atoms with Gasteiger partial charge >= 0.3 is 0 Å². The zero-order chi connectivity index (χ0) is 14.8. The van der Waals surface area contributed by atoms with Gasteiger partial charge in [0.2, 0.25) is 10.0 Å². The Kier molecular flexibility index (Phi) is 7.46. The van der Waals surface area contributed by atoms with E-state index in [9.17, 15) is 8.42 Å². The van der Waals surface area contributed by atoms with Gasteiger partial charge in [0.05, 0.1) is 18.1 Å². The first-order chi connectivity index (χ1) is 9.60. The van der Waals surface area contributed by atoms with Gasteiger partial charge in [-0.3, -0.25) is 0 Å². The smallest absolute Gasteiger partial charge is 0.240 e. The molecule has 0 aliphatic carbocycles. The second-order valence-corrected chi connectivity index (χ2v) is 6.04. The van der Waals surface area contributed by atoms with E-state index in [1.807, 2.05) is 0 Å². The summed E-state index contributed by atoms with van der Waals surface area (Å²) in [7, 11) is -3.47. The van der Waals surface area contributed by atoms with Crippen molar-refractivity contribution in [3.05, 3.63) is 42.5 Å². The Morgan fingerprint density at radius 2 is 1.95 bits per heavy atom. The molecule has 0 heterocycles. The van der Waals surface area contributed by atoms with Gasteiger partial charge in [-0.1, -0.05) is 18.2 Å².